The zero-order valence-electron chi connectivity index (χ0n) is 15.1. The molecule has 1 amide bonds. The molecule has 27 heavy (non-hydrogen) atoms. The van der Waals surface area contributed by atoms with Gasteiger partial charge in [-0.05, 0) is 55.2 Å². The first-order valence-electron chi connectivity index (χ1n) is 9.06. The number of amides is 1. The van der Waals surface area contributed by atoms with Crippen molar-refractivity contribution in [1.29, 1.82) is 0 Å². The van der Waals surface area contributed by atoms with Gasteiger partial charge in [0.15, 0.2) is 5.16 Å². The second-order valence-electron chi connectivity index (χ2n) is 6.64. The Bertz CT molecular complexity index is 937. The van der Waals surface area contributed by atoms with Crippen LogP contribution in [0.5, 0.6) is 0 Å². The number of aromatic nitrogens is 4. The van der Waals surface area contributed by atoms with Crippen molar-refractivity contribution >= 4 is 23.4 Å². The smallest absolute Gasteiger partial charge is 0.221 e. The van der Waals surface area contributed by atoms with Gasteiger partial charge in [-0.1, -0.05) is 17.8 Å². The normalized spacial score (nSPS) is 13.5. The lowest BCUT2D eigenvalue weighted by Crippen LogP contribution is -2.07. The van der Waals surface area contributed by atoms with E-state index in [0.717, 1.165) is 47.4 Å². The van der Waals surface area contributed by atoms with Crippen LogP contribution in [0, 0.1) is 0 Å². The van der Waals surface area contributed by atoms with Crippen molar-refractivity contribution in [3.8, 4) is 5.69 Å². The largest absolute Gasteiger partial charge is 0.326 e. The number of rotatable bonds is 7. The standard InChI is InChI=1S/C20H21N5OS/c1-14(26)22-17-3-2-4-18(13-17)25-19(16-5-6-16)23-24-20(25)27-12-9-15-7-10-21-11-8-15/h2-4,7-8,10-11,13,16H,5-6,9,12H2,1H3,(H,22,26). The predicted octanol–water partition coefficient (Wildman–Crippen LogP) is 3.83. The molecule has 138 valence electrons. The van der Waals surface area contributed by atoms with Crippen LogP contribution in [0.15, 0.2) is 53.9 Å². The van der Waals surface area contributed by atoms with Gasteiger partial charge in [-0.2, -0.15) is 0 Å². The van der Waals surface area contributed by atoms with Crippen molar-refractivity contribution in [3.05, 3.63) is 60.2 Å². The fourth-order valence-electron chi connectivity index (χ4n) is 2.96. The molecule has 0 saturated heterocycles. The average Bonchev–Trinajstić information content (AvgIpc) is 3.42. The summed E-state index contributed by atoms with van der Waals surface area (Å²) in [6.07, 6.45) is 6.91. The summed E-state index contributed by atoms with van der Waals surface area (Å²) < 4.78 is 2.14. The van der Waals surface area contributed by atoms with E-state index in [9.17, 15) is 4.79 Å². The van der Waals surface area contributed by atoms with Gasteiger partial charge >= 0.3 is 0 Å². The number of benzene rings is 1. The van der Waals surface area contributed by atoms with Crippen molar-refractivity contribution in [3.63, 3.8) is 0 Å². The summed E-state index contributed by atoms with van der Waals surface area (Å²) >= 11 is 1.70. The molecule has 1 aromatic carbocycles. The highest BCUT2D eigenvalue weighted by molar-refractivity contribution is 7.99. The maximum Gasteiger partial charge on any atom is 0.221 e. The molecule has 0 aliphatic heterocycles. The Morgan fingerprint density at radius 2 is 2.04 bits per heavy atom. The SMILES string of the molecule is CC(=O)Nc1cccc(-n2c(SCCc3ccncc3)nnc2C2CC2)c1. The molecular formula is C20H21N5OS. The lowest BCUT2D eigenvalue weighted by molar-refractivity contribution is -0.114. The molecule has 1 aliphatic carbocycles. The molecule has 7 heteroatoms. The van der Waals surface area contributed by atoms with E-state index >= 15 is 0 Å². The molecule has 4 rings (SSSR count). The molecule has 1 aliphatic rings. The fraction of sp³-hybridized carbons (Fsp3) is 0.300. The molecule has 0 atom stereocenters. The van der Waals surface area contributed by atoms with Gasteiger partial charge in [0.25, 0.3) is 0 Å². The van der Waals surface area contributed by atoms with Crippen LogP contribution in [0.1, 0.15) is 37.1 Å². The van der Waals surface area contributed by atoms with E-state index in [1.807, 2.05) is 48.8 Å². The fourth-order valence-corrected chi connectivity index (χ4v) is 3.91. The number of thioether (sulfide) groups is 1. The zero-order chi connectivity index (χ0) is 18.6. The highest BCUT2D eigenvalue weighted by Gasteiger charge is 2.31. The van der Waals surface area contributed by atoms with Crippen molar-refractivity contribution in [2.75, 3.05) is 11.1 Å². The third-order valence-electron chi connectivity index (χ3n) is 4.40. The summed E-state index contributed by atoms with van der Waals surface area (Å²) in [5.74, 6) is 2.33. The third-order valence-corrected chi connectivity index (χ3v) is 5.33. The minimum Gasteiger partial charge on any atom is -0.326 e. The van der Waals surface area contributed by atoms with E-state index in [2.05, 4.69) is 25.1 Å². The number of carbonyl (C=O) groups is 1. The van der Waals surface area contributed by atoms with Crippen LogP contribution in [0.3, 0.4) is 0 Å². The first kappa shape index (κ1) is 17.7. The Kier molecular flexibility index (Phi) is 5.20. The predicted molar refractivity (Wildman–Crippen MR) is 106 cm³/mol. The molecular weight excluding hydrogens is 358 g/mol. The average molecular weight is 379 g/mol. The Labute approximate surface area is 162 Å². The van der Waals surface area contributed by atoms with Gasteiger partial charge in [-0.3, -0.25) is 14.3 Å². The highest BCUT2D eigenvalue weighted by Crippen LogP contribution is 2.41. The van der Waals surface area contributed by atoms with E-state index in [1.54, 1.807) is 11.8 Å². The van der Waals surface area contributed by atoms with E-state index < -0.39 is 0 Å². The minimum absolute atomic E-state index is 0.0785. The van der Waals surface area contributed by atoms with Gasteiger partial charge in [0, 0.05) is 36.7 Å². The molecule has 1 saturated carbocycles. The van der Waals surface area contributed by atoms with Gasteiger partial charge in [0.05, 0.1) is 5.69 Å². The topological polar surface area (TPSA) is 72.7 Å². The number of hydrogen-bond donors (Lipinski definition) is 1. The van der Waals surface area contributed by atoms with Crippen LogP contribution in [0.25, 0.3) is 5.69 Å². The summed E-state index contributed by atoms with van der Waals surface area (Å²) in [4.78, 5) is 15.4. The van der Waals surface area contributed by atoms with Crippen LogP contribution in [-0.4, -0.2) is 31.4 Å². The van der Waals surface area contributed by atoms with Gasteiger partial charge in [-0.25, -0.2) is 0 Å². The Hall–Kier alpha value is -2.67. The van der Waals surface area contributed by atoms with Crippen LogP contribution in [-0.2, 0) is 11.2 Å². The molecule has 3 aromatic rings. The second kappa shape index (κ2) is 7.92. The van der Waals surface area contributed by atoms with Crippen molar-refractivity contribution in [2.24, 2.45) is 0 Å². The quantitative estimate of drug-likeness (QED) is 0.632. The third kappa shape index (κ3) is 4.36. The van der Waals surface area contributed by atoms with Gasteiger partial charge in [0.2, 0.25) is 5.91 Å². The lowest BCUT2D eigenvalue weighted by Gasteiger charge is -2.11. The first-order chi connectivity index (χ1) is 13.2. The first-order valence-corrected chi connectivity index (χ1v) is 10.0. The molecule has 6 nitrogen and oxygen atoms in total. The number of anilines is 1. The number of nitrogens with one attached hydrogen (secondary N) is 1. The molecule has 0 radical (unpaired) electrons. The van der Waals surface area contributed by atoms with Gasteiger partial charge < -0.3 is 5.32 Å². The van der Waals surface area contributed by atoms with Crippen molar-refractivity contribution in [1.82, 2.24) is 19.7 Å². The number of pyridine rings is 1. The molecule has 1 fully saturated rings. The van der Waals surface area contributed by atoms with Crippen LogP contribution in [0.4, 0.5) is 5.69 Å². The van der Waals surface area contributed by atoms with Crippen LogP contribution in [0.2, 0.25) is 0 Å². The van der Waals surface area contributed by atoms with E-state index in [1.165, 1.54) is 12.5 Å². The Morgan fingerprint density at radius 3 is 2.78 bits per heavy atom. The number of nitrogens with zero attached hydrogens (tertiary/aromatic N) is 4. The van der Waals surface area contributed by atoms with E-state index in [-0.39, 0.29) is 5.91 Å². The summed E-state index contributed by atoms with van der Waals surface area (Å²) in [7, 11) is 0. The van der Waals surface area contributed by atoms with Crippen molar-refractivity contribution in [2.45, 2.75) is 37.3 Å². The summed E-state index contributed by atoms with van der Waals surface area (Å²) in [6.45, 7) is 1.52. The number of aryl methyl sites for hydroxylation is 1. The maximum atomic E-state index is 11.4. The van der Waals surface area contributed by atoms with Gasteiger partial charge in [-0.15, -0.1) is 10.2 Å². The van der Waals surface area contributed by atoms with E-state index in [4.69, 9.17) is 0 Å². The van der Waals surface area contributed by atoms with Gasteiger partial charge in [0.1, 0.15) is 5.82 Å². The Balaban J connectivity index is 1.57. The molecule has 2 heterocycles. The lowest BCUT2D eigenvalue weighted by atomic mass is 10.2. The summed E-state index contributed by atoms with van der Waals surface area (Å²) in [6, 6.07) is 11.9. The Morgan fingerprint density at radius 1 is 1.22 bits per heavy atom. The molecule has 0 bridgehead atoms. The summed E-state index contributed by atoms with van der Waals surface area (Å²) in [5.41, 5.74) is 3.03. The highest BCUT2D eigenvalue weighted by atomic mass is 32.2. The minimum atomic E-state index is -0.0785. The second-order valence-corrected chi connectivity index (χ2v) is 7.70. The maximum absolute atomic E-state index is 11.4. The number of hydrogen-bond acceptors (Lipinski definition) is 5. The summed E-state index contributed by atoms with van der Waals surface area (Å²) in [5, 5.41) is 12.7. The molecule has 2 aromatic heterocycles. The van der Waals surface area contributed by atoms with Crippen LogP contribution < -0.4 is 5.32 Å². The number of carbonyl (C=O) groups excluding carboxylic acids is 1. The molecule has 0 spiro atoms. The zero-order valence-corrected chi connectivity index (χ0v) is 15.9. The monoisotopic (exact) mass is 379 g/mol. The molecule has 0 unspecified atom stereocenters. The molecule has 1 N–H and O–H groups in total. The van der Waals surface area contributed by atoms with Crippen molar-refractivity contribution < 1.29 is 4.79 Å². The van der Waals surface area contributed by atoms with E-state index in [0.29, 0.717) is 5.92 Å². The van der Waals surface area contributed by atoms with Crippen LogP contribution >= 0.6 is 11.8 Å².